The molecule has 0 atom stereocenters. The largest absolute Gasteiger partial charge is 0.378 e. The Hall–Kier alpha value is -3.79. The molecule has 5 rings (SSSR count). The number of nitrogens with zero attached hydrogens (tertiary/aromatic N) is 5. The molecule has 1 aliphatic heterocycles. The smallest absolute Gasteiger partial charge is 0.324 e. The Kier molecular flexibility index (Phi) is 4.83. The van der Waals surface area contributed by atoms with Gasteiger partial charge in [-0.1, -0.05) is 11.2 Å². The van der Waals surface area contributed by atoms with Crippen molar-refractivity contribution in [1.82, 2.24) is 19.5 Å². The number of anilines is 2. The average molecular weight is 422 g/mol. The fraction of sp³-hybridized carbons (Fsp3) is 0.238. The van der Waals surface area contributed by atoms with Gasteiger partial charge in [-0.05, 0) is 31.2 Å². The van der Waals surface area contributed by atoms with E-state index in [4.69, 9.17) is 9.26 Å². The number of halogens is 1. The molecule has 1 aromatic carbocycles. The number of rotatable bonds is 4. The minimum atomic E-state index is -0.483. The number of pyridine rings is 1. The van der Waals surface area contributed by atoms with E-state index >= 15 is 0 Å². The molecular weight excluding hydrogens is 403 g/mol. The predicted octanol–water partition coefficient (Wildman–Crippen LogP) is 2.92. The average Bonchev–Trinajstić information content (AvgIpc) is 3.45. The van der Waals surface area contributed by atoms with Gasteiger partial charge in [0.2, 0.25) is 5.82 Å². The van der Waals surface area contributed by atoms with Crippen molar-refractivity contribution in [3.63, 3.8) is 0 Å². The Morgan fingerprint density at radius 2 is 2.06 bits per heavy atom. The molecule has 1 amide bonds. The van der Waals surface area contributed by atoms with Gasteiger partial charge in [0.15, 0.2) is 0 Å². The number of morpholine rings is 1. The number of nitrogens with one attached hydrogen (secondary N) is 1. The fourth-order valence-corrected chi connectivity index (χ4v) is 3.44. The van der Waals surface area contributed by atoms with Gasteiger partial charge in [0.05, 0.1) is 19.4 Å². The summed E-state index contributed by atoms with van der Waals surface area (Å²) in [5, 5.41) is 6.75. The van der Waals surface area contributed by atoms with Crippen molar-refractivity contribution >= 4 is 23.3 Å². The molecule has 158 valence electrons. The van der Waals surface area contributed by atoms with E-state index in [0.29, 0.717) is 60.5 Å². The van der Waals surface area contributed by atoms with Gasteiger partial charge >= 0.3 is 6.01 Å². The van der Waals surface area contributed by atoms with Gasteiger partial charge in [0.25, 0.3) is 5.91 Å². The van der Waals surface area contributed by atoms with Crippen LogP contribution in [0.25, 0.3) is 17.0 Å². The summed E-state index contributed by atoms with van der Waals surface area (Å²) in [6.45, 7) is 4.04. The number of imidazole rings is 1. The van der Waals surface area contributed by atoms with Crippen LogP contribution in [0.15, 0.2) is 47.2 Å². The number of hydrogen-bond acceptors (Lipinski definition) is 7. The van der Waals surface area contributed by atoms with Crippen LogP contribution in [-0.4, -0.2) is 51.7 Å². The van der Waals surface area contributed by atoms with Crippen LogP contribution >= 0.6 is 0 Å². The van der Waals surface area contributed by atoms with Gasteiger partial charge in [0.1, 0.15) is 17.2 Å². The number of carbonyl (C=O) groups excluding carboxylic acids is 1. The lowest BCUT2D eigenvalue weighted by atomic mass is 10.1. The zero-order chi connectivity index (χ0) is 21.4. The van der Waals surface area contributed by atoms with Crippen LogP contribution in [0.1, 0.15) is 16.1 Å². The van der Waals surface area contributed by atoms with E-state index < -0.39 is 11.7 Å². The Bertz CT molecular complexity index is 1260. The maximum Gasteiger partial charge on any atom is 0.324 e. The summed E-state index contributed by atoms with van der Waals surface area (Å²) in [7, 11) is 0. The van der Waals surface area contributed by atoms with Crippen molar-refractivity contribution in [3.05, 3.63) is 59.8 Å². The molecule has 3 aromatic heterocycles. The molecule has 9 nitrogen and oxygen atoms in total. The van der Waals surface area contributed by atoms with Crippen LogP contribution in [0.3, 0.4) is 0 Å². The van der Waals surface area contributed by atoms with Crippen molar-refractivity contribution < 1.29 is 18.4 Å². The molecule has 1 aliphatic rings. The topological polar surface area (TPSA) is 97.8 Å². The number of fused-ring (bicyclic) bond motifs is 1. The summed E-state index contributed by atoms with van der Waals surface area (Å²) in [5.41, 5.74) is 2.02. The van der Waals surface area contributed by atoms with Crippen molar-refractivity contribution in [3.8, 4) is 11.4 Å². The van der Waals surface area contributed by atoms with E-state index in [1.54, 1.807) is 35.7 Å². The first-order valence-corrected chi connectivity index (χ1v) is 9.80. The summed E-state index contributed by atoms with van der Waals surface area (Å²) in [4.78, 5) is 23.4. The van der Waals surface area contributed by atoms with Gasteiger partial charge < -0.3 is 19.5 Å². The van der Waals surface area contributed by atoms with Gasteiger partial charge in [-0.2, -0.15) is 4.98 Å². The minimum Gasteiger partial charge on any atom is -0.378 e. The molecule has 4 heterocycles. The third kappa shape index (κ3) is 3.61. The van der Waals surface area contributed by atoms with Crippen molar-refractivity contribution in [2.45, 2.75) is 6.92 Å². The molecule has 1 N–H and O–H groups in total. The quantitative estimate of drug-likeness (QED) is 0.540. The van der Waals surface area contributed by atoms with Gasteiger partial charge in [-0.15, -0.1) is 0 Å². The van der Waals surface area contributed by atoms with Crippen LogP contribution < -0.4 is 10.2 Å². The highest BCUT2D eigenvalue weighted by molar-refractivity contribution is 6.04. The number of ether oxygens (including phenoxy) is 1. The molecule has 1 saturated heterocycles. The number of amides is 1. The molecule has 0 saturated carbocycles. The summed E-state index contributed by atoms with van der Waals surface area (Å²) < 4.78 is 27.0. The molecule has 0 bridgehead atoms. The molecule has 0 radical (unpaired) electrons. The van der Waals surface area contributed by atoms with Crippen LogP contribution in [0.5, 0.6) is 0 Å². The van der Waals surface area contributed by atoms with E-state index in [-0.39, 0.29) is 5.82 Å². The number of aromatic nitrogens is 4. The van der Waals surface area contributed by atoms with E-state index in [9.17, 15) is 9.18 Å². The summed E-state index contributed by atoms with van der Waals surface area (Å²) in [6, 6.07) is 8.75. The minimum absolute atomic E-state index is 0.241. The zero-order valence-corrected chi connectivity index (χ0v) is 16.7. The Balaban J connectivity index is 1.44. The second kappa shape index (κ2) is 7.80. The highest BCUT2D eigenvalue weighted by Gasteiger charge is 2.20. The lowest BCUT2D eigenvalue weighted by molar-refractivity contribution is 0.102. The monoisotopic (exact) mass is 422 g/mol. The summed E-state index contributed by atoms with van der Waals surface area (Å²) >= 11 is 0. The van der Waals surface area contributed by atoms with Gasteiger partial charge in [0, 0.05) is 36.1 Å². The molecule has 4 aromatic rings. The Morgan fingerprint density at radius 1 is 1.23 bits per heavy atom. The lowest BCUT2D eigenvalue weighted by Gasteiger charge is -2.24. The van der Waals surface area contributed by atoms with Crippen LogP contribution in [-0.2, 0) is 4.74 Å². The second-order valence-electron chi connectivity index (χ2n) is 7.16. The standard InChI is InChI=1S/C21H19FN6O3/c1-13-15(22)10-14(19-25-21(31-26-19)27-6-8-30-9-7-27)11-16(13)24-20(29)17-12-23-18-4-2-3-5-28(17)18/h2-5,10-12H,6-9H2,1H3,(H,24,29). The Morgan fingerprint density at radius 3 is 2.90 bits per heavy atom. The fourth-order valence-electron chi connectivity index (χ4n) is 3.44. The predicted molar refractivity (Wildman–Crippen MR) is 111 cm³/mol. The maximum atomic E-state index is 14.7. The van der Waals surface area contributed by atoms with Crippen LogP contribution in [0.2, 0.25) is 0 Å². The third-order valence-corrected chi connectivity index (χ3v) is 5.20. The van der Waals surface area contributed by atoms with Crippen LogP contribution in [0.4, 0.5) is 16.1 Å². The summed E-state index contributed by atoms with van der Waals surface area (Å²) in [5.74, 6) is -0.644. The number of benzene rings is 1. The molecule has 31 heavy (non-hydrogen) atoms. The van der Waals surface area contributed by atoms with Crippen LogP contribution in [0, 0.1) is 12.7 Å². The van der Waals surface area contributed by atoms with Gasteiger partial charge in [-0.3, -0.25) is 9.20 Å². The zero-order valence-electron chi connectivity index (χ0n) is 16.7. The molecular formula is C21H19FN6O3. The first-order chi connectivity index (χ1) is 15.1. The van der Waals surface area contributed by atoms with Gasteiger partial charge in [-0.25, -0.2) is 9.37 Å². The van der Waals surface area contributed by atoms with E-state index in [0.717, 1.165) is 0 Å². The molecule has 0 unspecified atom stereocenters. The molecule has 0 aliphatic carbocycles. The normalized spacial score (nSPS) is 14.2. The molecule has 0 spiro atoms. The van der Waals surface area contributed by atoms with Crippen molar-refractivity contribution in [2.75, 3.05) is 36.5 Å². The van der Waals surface area contributed by atoms with E-state index in [1.807, 2.05) is 11.0 Å². The highest BCUT2D eigenvalue weighted by atomic mass is 19.1. The van der Waals surface area contributed by atoms with Crippen molar-refractivity contribution in [2.24, 2.45) is 0 Å². The maximum absolute atomic E-state index is 14.7. The first kappa shape index (κ1) is 19.2. The molecule has 10 heteroatoms. The van der Waals surface area contributed by atoms with Crippen molar-refractivity contribution in [1.29, 1.82) is 0 Å². The highest BCUT2D eigenvalue weighted by Crippen LogP contribution is 2.28. The third-order valence-electron chi connectivity index (χ3n) is 5.20. The second-order valence-corrected chi connectivity index (χ2v) is 7.16. The lowest BCUT2D eigenvalue weighted by Crippen LogP contribution is -2.36. The first-order valence-electron chi connectivity index (χ1n) is 9.80. The SMILES string of the molecule is Cc1c(F)cc(-c2noc(N3CCOCC3)n2)cc1NC(=O)c1cnc2ccccn12. The summed E-state index contributed by atoms with van der Waals surface area (Å²) in [6.07, 6.45) is 3.22. The van der Waals surface area contributed by atoms with E-state index in [1.165, 1.54) is 12.3 Å². The molecule has 1 fully saturated rings. The number of hydrogen-bond donors (Lipinski definition) is 1. The Labute approximate surface area is 176 Å². The van der Waals surface area contributed by atoms with E-state index in [2.05, 4.69) is 20.4 Å². The number of carbonyl (C=O) groups is 1.